The van der Waals surface area contributed by atoms with Crippen LogP contribution < -0.4 is 5.73 Å². The van der Waals surface area contributed by atoms with Crippen LogP contribution >= 0.6 is 0 Å². The van der Waals surface area contributed by atoms with Crippen LogP contribution in [0.3, 0.4) is 0 Å². The van der Waals surface area contributed by atoms with Gasteiger partial charge in [-0.2, -0.15) is 0 Å². The van der Waals surface area contributed by atoms with E-state index in [1.807, 2.05) is 0 Å². The lowest BCUT2D eigenvalue weighted by molar-refractivity contribution is 0.626. The maximum atomic E-state index is 12.4. The highest BCUT2D eigenvalue weighted by atomic mass is 19.1. The predicted molar refractivity (Wildman–Crippen MR) is 33.3 cm³/mol. The molecule has 9 heavy (non-hydrogen) atoms. The molecule has 48 valence electrons. The van der Waals surface area contributed by atoms with Gasteiger partial charge in [0.25, 0.3) is 0 Å². The zero-order valence-corrected chi connectivity index (χ0v) is 5.06. The molecule has 0 aliphatic heterocycles. The van der Waals surface area contributed by atoms with Crippen LogP contribution in [0.25, 0.3) is 0 Å². The van der Waals surface area contributed by atoms with Crippen LogP contribution in [-0.4, -0.2) is 4.98 Å². The van der Waals surface area contributed by atoms with E-state index in [0.29, 0.717) is 0 Å². The minimum atomic E-state index is -0.449. The third-order valence-corrected chi connectivity index (χ3v) is 1.01. The van der Waals surface area contributed by atoms with Gasteiger partial charge in [-0.25, -0.2) is 9.37 Å². The number of nitrogens with zero attached hydrogens (tertiary/aromatic N) is 1. The molecule has 0 aliphatic carbocycles. The molecule has 0 spiro atoms. The second-order valence-electron chi connectivity index (χ2n) is 1.88. The number of halogens is 1. The van der Waals surface area contributed by atoms with Crippen LogP contribution in [0.1, 0.15) is 5.56 Å². The van der Waals surface area contributed by atoms with E-state index < -0.39 is 5.82 Å². The van der Waals surface area contributed by atoms with Crippen molar-refractivity contribution in [2.24, 2.45) is 0 Å². The van der Waals surface area contributed by atoms with E-state index in [1.54, 1.807) is 6.92 Å². The zero-order valence-electron chi connectivity index (χ0n) is 5.06. The van der Waals surface area contributed by atoms with Gasteiger partial charge in [0, 0.05) is 6.20 Å². The standard InChI is InChI=1S/C6H7FN2/c1-4-2-5(7)6(8)9-3-4/h2-3H,1H3,(H2,8,9). The molecule has 0 fully saturated rings. The third kappa shape index (κ3) is 1.16. The minimum Gasteiger partial charge on any atom is -0.381 e. The lowest BCUT2D eigenvalue weighted by Gasteiger charge is -1.93. The highest BCUT2D eigenvalue weighted by molar-refractivity contribution is 5.31. The second kappa shape index (κ2) is 2.01. The van der Waals surface area contributed by atoms with Crippen molar-refractivity contribution >= 4 is 5.82 Å². The molecule has 0 amide bonds. The molecular weight excluding hydrogens is 119 g/mol. The highest BCUT2D eigenvalue weighted by Gasteiger charge is 1.95. The maximum Gasteiger partial charge on any atom is 0.165 e. The Hall–Kier alpha value is -1.12. The quantitative estimate of drug-likeness (QED) is 0.565. The van der Waals surface area contributed by atoms with E-state index in [-0.39, 0.29) is 5.82 Å². The first-order valence-corrected chi connectivity index (χ1v) is 2.58. The number of rotatable bonds is 0. The fourth-order valence-electron chi connectivity index (χ4n) is 0.544. The van der Waals surface area contributed by atoms with Gasteiger partial charge in [-0.3, -0.25) is 0 Å². The van der Waals surface area contributed by atoms with Gasteiger partial charge >= 0.3 is 0 Å². The summed E-state index contributed by atoms with van der Waals surface area (Å²) in [4.78, 5) is 3.58. The Bertz CT molecular complexity index is 222. The Morgan fingerprint density at radius 1 is 1.67 bits per heavy atom. The van der Waals surface area contributed by atoms with Crippen LogP contribution in [0, 0.1) is 12.7 Å². The van der Waals surface area contributed by atoms with Gasteiger partial charge in [-0.05, 0) is 18.6 Å². The SMILES string of the molecule is Cc1cnc(N)c(F)c1. The first-order chi connectivity index (χ1) is 4.20. The number of hydrogen-bond donors (Lipinski definition) is 1. The summed E-state index contributed by atoms with van der Waals surface area (Å²) in [6, 6.07) is 1.35. The van der Waals surface area contributed by atoms with E-state index >= 15 is 0 Å². The van der Waals surface area contributed by atoms with Crippen molar-refractivity contribution in [2.45, 2.75) is 6.92 Å². The Morgan fingerprint density at radius 3 is 2.78 bits per heavy atom. The fourth-order valence-corrected chi connectivity index (χ4v) is 0.544. The van der Waals surface area contributed by atoms with Gasteiger partial charge in [0.15, 0.2) is 11.6 Å². The van der Waals surface area contributed by atoms with E-state index in [4.69, 9.17) is 5.73 Å². The Balaban J connectivity index is 3.17. The summed E-state index contributed by atoms with van der Waals surface area (Å²) in [7, 11) is 0. The molecule has 0 saturated heterocycles. The van der Waals surface area contributed by atoms with Crippen molar-refractivity contribution in [1.29, 1.82) is 0 Å². The minimum absolute atomic E-state index is 0.0411. The van der Waals surface area contributed by atoms with Crippen molar-refractivity contribution in [3.05, 3.63) is 23.6 Å². The molecule has 0 aromatic carbocycles. The first-order valence-electron chi connectivity index (χ1n) is 2.58. The Labute approximate surface area is 52.5 Å². The number of nitrogen functional groups attached to an aromatic ring is 1. The van der Waals surface area contributed by atoms with E-state index in [9.17, 15) is 4.39 Å². The van der Waals surface area contributed by atoms with Gasteiger partial charge < -0.3 is 5.73 Å². The van der Waals surface area contributed by atoms with Crippen LogP contribution in [0.15, 0.2) is 12.3 Å². The summed E-state index contributed by atoms with van der Waals surface area (Å²) in [5.41, 5.74) is 5.88. The topological polar surface area (TPSA) is 38.9 Å². The molecule has 1 rings (SSSR count). The lowest BCUT2D eigenvalue weighted by Crippen LogP contribution is -1.94. The largest absolute Gasteiger partial charge is 0.381 e. The van der Waals surface area contributed by atoms with Gasteiger partial charge in [0.1, 0.15) is 0 Å². The molecule has 3 heteroatoms. The zero-order chi connectivity index (χ0) is 6.85. The Kier molecular flexibility index (Phi) is 1.34. The van der Waals surface area contributed by atoms with Crippen LogP contribution in [0.4, 0.5) is 10.2 Å². The summed E-state index contributed by atoms with van der Waals surface area (Å²) >= 11 is 0. The number of hydrogen-bond acceptors (Lipinski definition) is 2. The van der Waals surface area contributed by atoms with Crippen molar-refractivity contribution < 1.29 is 4.39 Å². The molecule has 1 aromatic rings. The normalized spacial score (nSPS) is 9.56. The van der Waals surface area contributed by atoms with Gasteiger partial charge in [0.2, 0.25) is 0 Å². The summed E-state index contributed by atoms with van der Waals surface area (Å²) in [5.74, 6) is -0.490. The van der Waals surface area contributed by atoms with E-state index in [1.165, 1.54) is 12.3 Å². The number of nitrogens with two attached hydrogens (primary N) is 1. The number of aromatic nitrogens is 1. The maximum absolute atomic E-state index is 12.4. The summed E-state index contributed by atoms with van der Waals surface area (Å²) < 4.78 is 12.4. The summed E-state index contributed by atoms with van der Waals surface area (Å²) in [5, 5.41) is 0. The van der Waals surface area contributed by atoms with Gasteiger partial charge in [0.05, 0.1) is 0 Å². The predicted octanol–water partition coefficient (Wildman–Crippen LogP) is 1.11. The number of pyridine rings is 1. The molecule has 2 nitrogen and oxygen atoms in total. The van der Waals surface area contributed by atoms with E-state index in [2.05, 4.69) is 4.98 Å². The smallest absolute Gasteiger partial charge is 0.165 e. The molecule has 0 unspecified atom stereocenters. The highest BCUT2D eigenvalue weighted by Crippen LogP contribution is 2.05. The van der Waals surface area contributed by atoms with E-state index in [0.717, 1.165) is 5.56 Å². The fraction of sp³-hybridized carbons (Fsp3) is 0.167. The van der Waals surface area contributed by atoms with Crippen molar-refractivity contribution in [2.75, 3.05) is 5.73 Å². The first kappa shape index (κ1) is 6.01. The van der Waals surface area contributed by atoms with Crippen LogP contribution in [-0.2, 0) is 0 Å². The number of aryl methyl sites for hydroxylation is 1. The molecule has 0 bridgehead atoms. The third-order valence-electron chi connectivity index (χ3n) is 1.01. The molecular formula is C6H7FN2. The van der Waals surface area contributed by atoms with Crippen LogP contribution in [0.2, 0.25) is 0 Å². The molecule has 0 atom stereocenters. The van der Waals surface area contributed by atoms with Crippen molar-refractivity contribution in [1.82, 2.24) is 4.98 Å². The van der Waals surface area contributed by atoms with Gasteiger partial charge in [-0.15, -0.1) is 0 Å². The molecule has 0 saturated carbocycles. The number of anilines is 1. The molecule has 1 aromatic heterocycles. The molecule has 1 heterocycles. The lowest BCUT2D eigenvalue weighted by atomic mass is 10.3. The molecule has 2 N–H and O–H groups in total. The second-order valence-corrected chi connectivity index (χ2v) is 1.88. The average Bonchev–Trinajstić information content (AvgIpc) is 1.80. The van der Waals surface area contributed by atoms with Crippen molar-refractivity contribution in [3.63, 3.8) is 0 Å². The monoisotopic (exact) mass is 126 g/mol. The van der Waals surface area contributed by atoms with Crippen molar-refractivity contribution in [3.8, 4) is 0 Å². The Morgan fingerprint density at radius 2 is 2.33 bits per heavy atom. The van der Waals surface area contributed by atoms with Crippen LogP contribution in [0.5, 0.6) is 0 Å². The molecule has 0 radical (unpaired) electrons. The van der Waals surface area contributed by atoms with Gasteiger partial charge in [-0.1, -0.05) is 0 Å². The average molecular weight is 126 g/mol. The summed E-state index contributed by atoms with van der Waals surface area (Å²) in [6.07, 6.45) is 1.53. The summed E-state index contributed by atoms with van der Waals surface area (Å²) in [6.45, 7) is 1.76. The molecule has 0 aliphatic rings.